The van der Waals surface area contributed by atoms with Gasteiger partial charge in [0.25, 0.3) is 0 Å². The number of fused-ring (bicyclic) bond motifs is 1. The first-order valence-electron chi connectivity index (χ1n) is 7.70. The number of thioether (sulfide) groups is 1. The number of rotatable bonds is 6. The summed E-state index contributed by atoms with van der Waals surface area (Å²) in [5, 5.41) is 4.56. The third-order valence-electron chi connectivity index (χ3n) is 4.15. The summed E-state index contributed by atoms with van der Waals surface area (Å²) in [7, 11) is 0. The Morgan fingerprint density at radius 2 is 2.14 bits per heavy atom. The standard InChI is InChI=1S/C17H23NO2S/c1-21-16-2-3-17-14(11-16)10-15(20-17)12-19-9-6-13-4-7-18-8-5-13/h2-3,10-11,13,18H,4-9,12H2,1H3. The molecule has 0 amide bonds. The van der Waals surface area contributed by atoms with Gasteiger partial charge in [-0.1, -0.05) is 0 Å². The second-order valence-corrected chi connectivity index (χ2v) is 6.53. The summed E-state index contributed by atoms with van der Waals surface area (Å²) in [5.74, 6) is 1.75. The van der Waals surface area contributed by atoms with Crippen molar-refractivity contribution < 1.29 is 9.15 Å². The minimum atomic E-state index is 0.578. The highest BCUT2D eigenvalue weighted by atomic mass is 32.2. The van der Waals surface area contributed by atoms with Crippen LogP contribution in [-0.2, 0) is 11.3 Å². The molecule has 2 aromatic rings. The summed E-state index contributed by atoms with van der Waals surface area (Å²) >= 11 is 1.75. The van der Waals surface area contributed by atoms with E-state index in [0.29, 0.717) is 6.61 Å². The Kier molecular flexibility index (Phi) is 5.22. The highest BCUT2D eigenvalue weighted by Gasteiger charge is 2.12. The fourth-order valence-electron chi connectivity index (χ4n) is 2.87. The van der Waals surface area contributed by atoms with Crippen LogP contribution >= 0.6 is 11.8 Å². The van der Waals surface area contributed by atoms with Crippen molar-refractivity contribution in [2.24, 2.45) is 5.92 Å². The van der Waals surface area contributed by atoms with Crippen LogP contribution in [0.5, 0.6) is 0 Å². The molecular formula is C17H23NO2S. The van der Waals surface area contributed by atoms with E-state index in [1.807, 2.05) is 6.07 Å². The van der Waals surface area contributed by atoms with Crippen LogP contribution in [0.1, 0.15) is 25.0 Å². The lowest BCUT2D eigenvalue weighted by Gasteiger charge is -2.22. The van der Waals surface area contributed by atoms with Gasteiger partial charge in [0, 0.05) is 16.9 Å². The smallest absolute Gasteiger partial charge is 0.134 e. The van der Waals surface area contributed by atoms with Crippen LogP contribution in [0.2, 0.25) is 0 Å². The molecule has 1 N–H and O–H groups in total. The molecule has 0 atom stereocenters. The maximum absolute atomic E-state index is 5.82. The Morgan fingerprint density at radius 1 is 1.29 bits per heavy atom. The summed E-state index contributed by atoms with van der Waals surface area (Å²) < 4.78 is 11.6. The SMILES string of the molecule is CSc1ccc2oc(COCCC3CCNCC3)cc2c1. The largest absolute Gasteiger partial charge is 0.459 e. The Morgan fingerprint density at radius 3 is 2.95 bits per heavy atom. The third kappa shape index (κ3) is 4.02. The van der Waals surface area contributed by atoms with E-state index in [9.17, 15) is 0 Å². The molecule has 1 aliphatic rings. The number of piperidine rings is 1. The predicted molar refractivity (Wildman–Crippen MR) is 87.9 cm³/mol. The van der Waals surface area contributed by atoms with Crippen LogP contribution in [-0.4, -0.2) is 26.0 Å². The molecule has 1 saturated heterocycles. The van der Waals surface area contributed by atoms with Crippen molar-refractivity contribution in [2.45, 2.75) is 30.8 Å². The summed E-state index contributed by atoms with van der Waals surface area (Å²) in [6.45, 7) is 3.73. The number of ether oxygens (including phenoxy) is 1. The van der Waals surface area contributed by atoms with E-state index in [1.165, 1.54) is 29.5 Å². The van der Waals surface area contributed by atoms with Gasteiger partial charge in [-0.15, -0.1) is 11.8 Å². The molecule has 0 bridgehead atoms. The molecule has 114 valence electrons. The van der Waals surface area contributed by atoms with Crippen molar-refractivity contribution in [2.75, 3.05) is 26.0 Å². The van der Waals surface area contributed by atoms with Crippen molar-refractivity contribution in [3.63, 3.8) is 0 Å². The third-order valence-corrected chi connectivity index (χ3v) is 4.87. The predicted octanol–water partition coefficient (Wildman–Crippen LogP) is 4.06. The lowest BCUT2D eigenvalue weighted by molar-refractivity contribution is 0.0912. The van der Waals surface area contributed by atoms with Gasteiger partial charge in [0.05, 0.1) is 0 Å². The average molecular weight is 305 g/mol. The van der Waals surface area contributed by atoms with E-state index in [1.54, 1.807) is 11.8 Å². The van der Waals surface area contributed by atoms with Crippen molar-refractivity contribution in [1.82, 2.24) is 5.32 Å². The molecule has 0 saturated carbocycles. The molecule has 0 radical (unpaired) electrons. The number of nitrogens with one attached hydrogen (secondary N) is 1. The molecule has 21 heavy (non-hydrogen) atoms. The first kappa shape index (κ1) is 14.9. The van der Waals surface area contributed by atoms with Gasteiger partial charge in [0.15, 0.2) is 0 Å². The average Bonchev–Trinajstić information content (AvgIpc) is 2.94. The van der Waals surface area contributed by atoms with Crippen LogP contribution in [0.3, 0.4) is 0 Å². The van der Waals surface area contributed by atoms with Crippen LogP contribution in [0, 0.1) is 5.92 Å². The maximum atomic E-state index is 5.82. The van der Waals surface area contributed by atoms with Gasteiger partial charge in [-0.25, -0.2) is 0 Å². The second kappa shape index (κ2) is 7.34. The number of benzene rings is 1. The molecule has 0 unspecified atom stereocenters. The summed E-state index contributed by atoms with van der Waals surface area (Å²) in [6, 6.07) is 8.40. The van der Waals surface area contributed by atoms with E-state index in [2.05, 4.69) is 29.8 Å². The van der Waals surface area contributed by atoms with Crippen molar-refractivity contribution in [3.8, 4) is 0 Å². The molecule has 4 heteroatoms. The summed E-state index contributed by atoms with van der Waals surface area (Å²) in [4.78, 5) is 1.27. The zero-order valence-electron chi connectivity index (χ0n) is 12.6. The van der Waals surface area contributed by atoms with Crippen LogP contribution in [0.15, 0.2) is 33.6 Å². The zero-order valence-corrected chi connectivity index (χ0v) is 13.4. The second-order valence-electron chi connectivity index (χ2n) is 5.65. The molecule has 2 heterocycles. The molecule has 1 fully saturated rings. The van der Waals surface area contributed by atoms with Crippen LogP contribution in [0.4, 0.5) is 0 Å². The van der Waals surface area contributed by atoms with E-state index in [-0.39, 0.29) is 0 Å². The van der Waals surface area contributed by atoms with Gasteiger partial charge in [-0.05, 0) is 68.8 Å². The summed E-state index contributed by atoms with van der Waals surface area (Å²) in [5.41, 5.74) is 0.949. The lowest BCUT2D eigenvalue weighted by atomic mass is 9.95. The van der Waals surface area contributed by atoms with Crippen LogP contribution < -0.4 is 5.32 Å². The molecule has 3 nitrogen and oxygen atoms in total. The zero-order chi connectivity index (χ0) is 14.5. The van der Waals surface area contributed by atoms with Gasteiger partial charge in [0.2, 0.25) is 0 Å². The molecule has 0 spiro atoms. The van der Waals surface area contributed by atoms with Gasteiger partial charge in [-0.2, -0.15) is 0 Å². The van der Waals surface area contributed by atoms with Gasteiger partial charge < -0.3 is 14.5 Å². The fraction of sp³-hybridized carbons (Fsp3) is 0.529. The van der Waals surface area contributed by atoms with Crippen molar-refractivity contribution >= 4 is 22.7 Å². The van der Waals surface area contributed by atoms with E-state index >= 15 is 0 Å². The maximum Gasteiger partial charge on any atom is 0.134 e. The Balaban J connectivity index is 1.48. The molecule has 1 aliphatic heterocycles. The van der Waals surface area contributed by atoms with Crippen molar-refractivity contribution in [1.29, 1.82) is 0 Å². The van der Waals surface area contributed by atoms with Gasteiger partial charge in [-0.3, -0.25) is 0 Å². The quantitative estimate of drug-likeness (QED) is 0.644. The lowest BCUT2D eigenvalue weighted by Crippen LogP contribution is -2.28. The van der Waals surface area contributed by atoms with E-state index in [4.69, 9.17) is 9.15 Å². The number of furan rings is 1. The normalized spacial score (nSPS) is 16.6. The molecule has 1 aromatic heterocycles. The van der Waals surface area contributed by atoms with Gasteiger partial charge in [0.1, 0.15) is 18.0 Å². The van der Waals surface area contributed by atoms with Gasteiger partial charge >= 0.3 is 0 Å². The minimum Gasteiger partial charge on any atom is -0.459 e. The first-order chi connectivity index (χ1) is 10.3. The Hall–Kier alpha value is -0.970. The highest BCUT2D eigenvalue weighted by Crippen LogP contribution is 2.25. The minimum absolute atomic E-state index is 0.578. The Labute approximate surface area is 130 Å². The fourth-order valence-corrected chi connectivity index (χ4v) is 3.32. The van der Waals surface area contributed by atoms with E-state index in [0.717, 1.165) is 37.0 Å². The molecule has 0 aliphatic carbocycles. The van der Waals surface area contributed by atoms with Crippen LogP contribution in [0.25, 0.3) is 11.0 Å². The number of hydrogen-bond acceptors (Lipinski definition) is 4. The monoisotopic (exact) mass is 305 g/mol. The topological polar surface area (TPSA) is 34.4 Å². The molecule has 3 rings (SSSR count). The van der Waals surface area contributed by atoms with E-state index < -0.39 is 0 Å². The molecular weight excluding hydrogens is 282 g/mol. The molecule has 1 aromatic carbocycles. The summed E-state index contributed by atoms with van der Waals surface area (Å²) in [6.07, 6.45) is 5.82. The highest BCUT2D eigenvalue weighted by molar-refractivity contribution is 7.98. The number of hydrogen-bond donors (Lipinski definition) is 1. The Bertz CT molecular complexity index is 575. The first-order valence-corrected chi connectivity index (χ1v) is 8.92. The van der Waals surface area contributed by atoms with Crippen molar-refractivity contribution in [3.05, 3.63) is 30.0 Å².